The number of fused-ring (bicyclic) bond motifs is 4. The van der Waals surface area contributed by atoms with Gasteiger partial charge in [-0.05, 0) is 118 Å². The third-order valence-electron chi connectivity index (χ3n) is 17.9. The maximum Gasteiger partial charge on any atom is 0.416 e. The minimum absolute atomic E-state index is 0.0603. The van der Waals surface area contributed by atoms with Crippen molar-refractivity contribution in [2.45, 2.75) is 113 Å². The second kappa shape index (κ2) is 30.9. The summed E-state index contributed by atoms with van der Waals surface area (Å²) in [4.78, 5) is 90.9. The van der Waals surface area contributed by atoms with Crippen molar-refractivity contribution in [2.24, 2.45) is 17.6 Å². The van der Waals surface area contributed by atoms with Gasteiger partial charge in [0.15, 0.2) is 54.7 Å². The molecule has 0 bridgehead atoms. The number of esters is 1. The van der Waals surface area contributed by atoms with E-state index in [9.17, 15) is 45.6 Å². The van der Waals surface area contributed by atoms with Crippen molar-refractivity contribution in [1.29, 1.82) is 0 Å². The molecular formula is C72H83N5O18S2. The first kappa shape index (κ1) is 72.1. The molecule has 25 heteroatoms. The van der Waals surface area contributed by atoms with E-state index in [2.05, 4.69) is 18.5 Å². The largest absolute Gasteiger partial charge is 0.493 e. The molecule has 3 unspecified atom stereocenters. The Hall–Kier alpha value is -9.14. The van der Waals surface area contributed by atoms with Gasteiger partial charge in [0.05, 0.1) is 71.0 Å². The molecule has 3 N–H and O–H groups in total. The number of ketones is 1. The summed E-state index contributed by atoms with van der Waals surface area (Å²) >= 11 is 0. The van der Waals surface area contributed by atoms with Crippen molar-refractivity contribution in [3.05, 3.63) is 167 Å². The molecule has 9 rings (SSSR count). The van der Waals surface area contributed by atoms with Gasteiger partial charge in [-0.15, -0.1) is 0 Å². The molecule has 4 aliphatic heterocycles. The Balaban J connectivity index is 1.06. The first-order valence-electron chi connectivity index (χ1n) is 31.8. The predicted molar refractivity (Wildman–Crippen MR) is 364 cm³/mol. The normalized spacial score (nSPS) is 19.0. The summed E-state index contributed by atoms with van der Waals surface area (Å²) in [7, 11) is -1.30. The number of hydrogen-bond donors (Lipinski definition) is 2. The second-order valence-corrected chi connectivity index (χ2v) is 28.8. The van der Waals surface area contributed by atoms with Gasteiger partial charge in [-0.1, -0.05) is 96.3 Å². The lowest BCUT2D eigenvalue weighted by Crippen LogP contribution is -2.55. The van der Waals surface area contributed by atoms with Crippen LogP contribution >= 0.6 is 0 Å². The maximum atomic E-state index is 15.0. The highest BCUT2D eigenvalue weighted by Gasteiger charge is 2.49. The van der Waals surface area contributed by atoms with Crippen LogP contribution in [0.25, 0.3) is 11.1 Å². The zero-order valence-corrected chi connectivity index (χ0v) is 57.5. The predicted octanol–water partition coefficient (Wildman–Crippen LogP) is 9.52. The van der Waals surface area contributed by atoms with Crippen LogP contribution in [0.4, 0.5) is 16.2 Å². The Morgan fingerprint density at radius 1 is 0.649 bits per heavy atom. The van der Waals surface area contributed by atoms with Crippen LogP contribution in [-0.4, -0.2) is 159 Å². The van der Waals surface area contributed by atoms with Crippen LogP contribution in [0.15, 0.2) is 138 Å². The Morgan fingerprint density at radius 2 is 1.15 bits per heavy atom. The lowest BCUT2D eigenvalue weighted by atomic mass is 9.83. The maximum absolute atomic E-state index is 15.0. The van der Waals surface area contributed by atoms with Gasteiger partial charge in [-0.2, -0.15) is 0 Å². The third-order valence-corrected chi connectivity index (χ3v) is 21.4. The fraction of sp³-hybridized carbons (Fsp3) is 0.389. The van der Waals surface area contributed by atoms with Gasteiger partial charge in [-0.25, -0.2) is 26.5 Å². The number of carbonyl (C=O) groups excluding carboxylic acids is 6. The number of amides is 4. The monoisotopic (exact) mass is 1370 g/mol. The number of nitrogens with zero attached hydrogens (tertiary/aromatic N) is 3. The van der Waals surface area contributed by atoms with E-state index in [1.807, 2.05) is 26.0 Å². The van der Waals surface area contributed by atoms with E-state index < -0.39 is 91.8 Å². The molecule has 4 amide bonds. The zero-order valence-electron chi connectivity index (χ0n) is 55.9. The summed E-state index contributed by atoms with van der Waals surface area (Å²) in [6.45, 7) is 15.3. The lowest BCUT2D eigenvalue weighted by Gasteiger charge is -2.40. The van der Waals surface area contributed by atoms with Crippen molar-refractivity contribution in [3.63, 3.8) is 0 Å². The molecule has 0 radical (unpaired) electrons. The number of nitrogens with two attached hydrogens (primary N) is 1. The number of carbonyl (C=O) groups is 6. The molecule has 23 nitrogen and oxygen atoms in total. The molecule has 0 aromatic heterocycles. The van der Waals surface area contributed by atoms with Gasteiger partial charge in [0.25, 0.3) is 11.8 Å². The number of methoxy groups -OCH3 is 4. The summed E-state index contributed by atoms with van der Waals surface area (Å²) in [6.07, 6.45) is 3.88. The van der Waals surface area contributed by atoms with Crippen LogP contribution in [0.2, 0.25) is 0 Å². The van der Waals surface area contributed by atoms with Crippen molar-refractivity contribution < 1.29 is 83.5 Å². The van der Waals surface area contributed by atoms with Gasteiger partial charge in [-0.3, -0.25) is 24.0 Å². The molecule has 5 aromatic rings. The van der Waals surface area contributed by atoms with E-state index in [1.165, 1.54) is 63.7 Å². The summed E-state index contributed by atoms with van der Waals surface area (Å²) in [5, 5.41) is 2.95. The molecule has 0 saturated heterocycles. The highest BCUT2D eigenvalue weighted by Crippen LogP contribution is 2.46. The zero-order chi connectivity index (χ0) is 70.2. The fourth-order valence-electron chi connectivity index (χ4n) is 12.5. The number of nitrogens with one attached hydrogen (secondary N) is 1. The van der Waals surface area contributed by atoms with Gasteiger partial charge >= 0.3 is 12.1 Å². The Kier molecular flexibility index (Phi) is 23.0. The number of benzene rings is 5. The average molecular weight is 1370 g/mol. The van der Waals surface area contributed by atoms with Crippen molar-refractivity contribution in [3.8, 4) is 23.0 Å². The highest BCUT2D eigenvalue weighted by atomic mass is 32.2. The number of sulfone groups is 2. The molecule has 0 spiro atoms. The molecule has 4 aliphatic rings. The Bertz CT molecular complexity index is 3910. The summed E-state index contributed by atoms with van der Waals surface area (Å²) in [5.74, 6) is -4.23. The van der Waals surface area contributed by atoms with Crippen LogP contribution in [0.3, 0.4) is 0 Å². The molecule has 516 valence electrons. The number of ether oxygens (including phenoxy) is 8. The number of hydrogen-bond acceptors (Lipinski definition) is 19. The van der Waals surface area contributed by atoms with E-state index in [-0.39, 0.29) is 143 Å². The lowest BCUT2D eigenvalue weighted by molar-refractivity contribution is -0.149. The molecule has 0 fully saturated rings. The third kappa shape index (κ3) is 15.5. The summed E-state index contributed by atoms with van der Waals surface area (Å²) in [6, 6.07) is 21.8. The minimum Gasteiger partial charge on any atom is -0.493 e. The molecule has 4 heterocycles. The van der Waals surface area contributed by atoms with Crippen molar-refractivity contribution >= 4 is 77.8 Å². The van der Waals surface area contributed by atoms with Gasteiger partial charge in [0.2, 0.25) is 5.91 Å². The molecular weight excluding hydrogens is 1290 g/mol. The standard InChI is InChI=1S/C72H83N5O18S2/c1-12-28-92-71(82)64-53-36-62(60(88-8)37-54(53)68(80)75-26-24-48(34-57(75)66(64)90-10)46-16-20-51(21-17-46)96(84,85)14-3)94-40-44-31-45(33-50(32-44)74-67(79)43(7)30-59(78)65(73)42(5)6)41-95-63-39-56-55(38-61(63)89-9)69(81)76-27-25-49(47-18-22-52(23-19-47)97(86,87)15-4)35-58(76)70(91-11)77(56)72(83)93-29-13-2/h12-13,16-25,31-33,36-39,42-43,57-58,64-66,70H,1-2,14-15,26-30,34-35,40-41,73H2,3-11H3,(H,74,79)/t43-,57+,58+,64?,65+,66?,70?/m1/s1. The van der Waals surface area contributed by atoms with Crippen molar-refractivity contribution in [2.75, 3.05) is 76.5 Å². The van der Waals surface area contributed by atoms with Gasteiger partial charge < -0.3 is 58.7 Å². The quantitative estimate of drug-likeness (QED) is 0.0365. The molecule has 0 saturated carbocycles. The topological polar surface area (TPSA) is 292 Å². The first-order valence-corrected chi connectivity index (χ1v) is 35.1. The van der Waals surface area contributed by atoms with Crippen molar-refractivity contribution in [1.82, 2.24) is 9.80 Å². The smallest absolute Gasteiger partial charge is 0.416 e. The summed E-state index contributed by atoms with van der Waals surface area (Å²) < 4.78 is 99.6. The van der Waals surface area contributed by atoms with Gasteiger partial charge in [0.1, 0.15) is 32.3 Å². The molecule has 97 heavy (non-hydrogen) atoms. The minimum atomic E-state index is -3.48. The molecule has 0 aliphatic carbocycles. The average Bonchev–Trinajstić information content (AvgIpc) is 1.63. The SMILES string of the molecule is C=CCOC(=O)C1c2cc(OCc3cc(COc4cc5c(cc4OC)C(=O)N4CC=C(c6ccc(S(=O)(=O)CC)cc6)C[C@H]4C(OC)N5C(=O)OCC=C)cc(NC(=O)[C@H](C)CC(=O)[C@@H](N)C(C)C)c3)c(OC)cc2C(=O)N2CC=C(c3ccc(S(=O)(=O)CC)cc3)C[C@H]2C1OC. The van der Waals surface area contributed by atoms with E-state index in [0.717, 1.165) is 22.3 Å². The van der Waals surface area contributed by atoms with E-state index in [0.29, 0.717) is 11.1 Å². The van der Waals surface area contributed by atoms with E-state index in [4.69, 9.17) is 43.6 Å². The Labute approximate surface area is 566 Å². The number of rotatable bonds is 27. The van der Waals surface area contributed by atoms with Crippen LogP contribution in [0.5, 0.6) is 23.0 Å². The number of Topliss-reactive ketones (excluding diaryl/α,β-unsaturated/α-hetero) is 1. The van der Waals surface area contributed by atoms with E-state index >= 15 is 0 Å². The first-order chi connectivity index (χ1) is 46.3. The van der Waals surface area contributed by atoms with Gasteiger partial charge in [0, 0.05) is 57.0 Å². The van der Waals surface area contributed by atoms with Crippen LogP contribution in [-0.2, 0) is 66.2 Å². The molecule has 5 aromatic carbocycles. The van der Waals surface area contributed by atoms with E-state index in [1.54, 1.807) is 103 Å². The highest BCUT2D eigenvalue weighted by molar-refractivity contribution is 7.91. The van der Waals surface area contributed by atoms with Crippen LogP contribution in [0.1, 0.15) is 108 Å². The second-order valence-electron chi connectivity index (χ2n) is 24.3. The fourth-order valence-corrected chi connectivity index (χ4v) is 14.3. The Morgan fingerprint density at radius 3 is 1.66 bits per heavy atom. The van der Waals surface area contributed by atoms with Crippen LogP contribution < -0.4 is 34.9 Å². The molecule has 7 atom stereocenters. The number of anilines is 2. The summed E-state index contributed by atoms with van der Waals surface area (Å²) in [5.41, 5.74) is 10.9. The van der Waals surface area contributed by atoms with Crippen LogP contribution in [0, 0.1) is 11.8 Å².